The van der Waals surface area contributed by atoms with Crippen LogP contribution in [0, 0.1) is 6.92 Å². The number of hydrogen-bond acceptors (Lipinski definition) is 2. The Labute approximate surface area is 123 Å². The van der Waals surface area contributed by atoms with Gasteiger partial charge in [0.15, 0.2) is 0 Å². The molecule has 0 unspecified atom stereocenters. The van der Waals surface area contributed by atoms with E-state index in [-0.39, 0.29) is 0 Å². The maximum absolute atomic E-state index is 12.7. The number of rotatable bonds is 3. The van der Waals surface area contributed by atoms with Crippen LogP contribution in [0.25, 0.3) is 0 Å². The zero-order valence-electron chi connectivity index (χ0n) is 10.6. The van der Waals surface area contributed by atoms with Gasteiger partial charge in [-0.15, -0.1) is 0 Å². The average molecular weight is 345 g/mol. The van der Waals surface area contributed by atoms with Gasteiger partial charge in [0.2, 0.25) is 0 Å². The van der Waals surface area contributed by atoms with Crippen LogP contribution in [0.4, 0.5) is 18.9 Å². The molecule has 1 aromatic carbocycles. The van der Waals surface area contributed by atoms with Crippen molar-refractivity contribution in [2.75, 3.05) is 5.32 Å². The number of hydrogen-bond donors (Lipinski definition) is 1. The summed E-state index contributed by atoms with van der Waals surface area (Å²) >= 11 is 3.09. The van der Waals surface area contributed by atoms with E-state index in [1.54, 1.807) is 6.07 Å². The van der Waals surface area contributed by atoms with Gasteiger partial charge in [0, 0.05) is 15.9 Å². The molecule has 6 heteroatoms. The van der Waals surface area contributed by atoms with Crippen molar-refractivity contribution in [2.24, 2.45) is 0 Å². The Morgan fingerprint density at radius 2 is 1.95 bits per heavy atom. The molecule has 0 radical (unpaired) electrons. The molecule has 0 aliphatic heterocycles. The normalized spacial score (nSPS) is 11.4. The van der Waals surface area contributed by atoms with E-state index >= 15 is 0 Å². The van der Waals surface area contributed by atoms with Gasteiger partial charge in [0.1, 0.15) is 0 Å². The van der Waals surface area contributed by atoms with Gasteiger partial charge in [-0.25, -0.2) is 0 Å². The Kier molecular flexibility index (Phi) is 4.32. The fourth-order valence-electron chi connectivity index (χ4n) is 1.75. The molecular weight excluding hydrogens is 333 g/mol. The monoisotopic (exact) mass is 344 g/mol. The number of halogens is 4. The highest BCUT2D eigenvalue weighted by atomic mass is 79.9. The highest BCUT2D eigenvalue weighted by molar-refractivity contribution is 9.10. The molecule has 0 aliphatic rings. The zero-order chi connectivity index (χ0) is 14.8. The number of pyridine rings is 1. The van der Waals surface area contributed by atoms with Gasteiger partial charge in [-0.2, -0.15) is 13.2 Å². The second kappa shape index (κ2) is 5.83. The van der Waals surface area contributed by atoms with E-state index in [1.165, 1.54) is 0 Å². The van der Waals surface area contributed by atoms with E-state index < -0.39 is 11.7 Å². The van der Waals surface area contributed by atoms with Crippen molar-refractivity contribution in [3.05, 3.63) is 57.8 Å². The van der Waals surface area contributed by atoms with Gasteiger partial charge in [0.05, 0.1) is 17.8 Å². The Balaban J connectivity index is 2.16. The first kappa shape index (κ1) is 14.8. The molecule has 2 rings (SSSR count). The summed E-state index contributed by atoms with van der Waals surface area (Å²) in [5, 5.41) is 2.95. The van der Waals surface area contributed by atoms with Crippen molar-refractivity contribution >= 4 is 21.6 Å². The van der Waals surface area contributed by atoms with Gasteiger partial charge in [-0.3, -0.25) is 4.98 Å². The fraction of sp³-hybridized carbons (Fsp3) is 0.214. The molecule has 2 aromatic rings. The van der Waals surface area contributed by atoms with Crippen LogP contribution in [0.2, 0.25) is 0 Å². The summed E-state index contributed by atoms with van der Waals surface area (Å²) in [5.74, 6) is 0. The minimum Gasteiger partial charge on any atom is -0.379 e. The molecule has 0 bridgehead atoms. The average Bonchev–Trinajstić information content (AvgIpc) is 2.35. The molecule has 0 aliphatic carbocycles. The molecule has 0 spiro atoms. The van der Waals surface area contributed by atoms with E-state index in [2.05, 4.69) is 26.2 Å². The summed E-state index contributed by atoms with van der Waals surface area (Å²) in [6.45, 7) is 2.24. The van der Waals surface area contributed by atoms with Gasteiger partial charge >= 0.3 is 6.18 Å². The van der Waals surface area contributed by atoms with Crippen LogP contribution in [0.5, 0.6) is 0 Å². The number of aromatic nitrogens is 1. The van der Waals surface area contributed by atoms with Crippen LogP contribution in [0.1, 0.15) is 17.0 Å². The minimum absolute atomic E-state index is 0.370. The smallest absolute Gasteiger partial charge is 0.379 e. The lowest BCUT2D eigenvalue weighted by atomic mass is 10.2. The molecule has 0 fully saturated rings. The van der Waals surface area contributed by atoms with Crippen molar-refractivity contribution in [3.8, 4) is 0 Å². The summed E-state index contributed by atoms with van der Waals surface area (Å²) in [7, 11) is 0. The molecule has 0 saturated carbocycles. The highest BCUT2D eigenvalue weighted by Gasteiger charge is 2.31. The summed E-state index contributed by atoms with van der Waals surface area (Å²) in [4.78, 5) is 4.29. The topological polar surface area (TPSA) is 24.9 Å². The molecular formula is C14H12BrF3N2. The Morgan fingerprint density at radius 1 is 1.20 bits per heavy atom. The number of alkyl halides is 3. The van der Waals surface area contributed by atoms with Crippen LogP contribution in [-0.2, 0) is 12.7 Å². The molecule has 0 amide bonds. The van der Waals surface area contributed by atoms with Crippen LogP contribution in [0.3, 0.4) is 0 Å². The zero-order valence-corrected chi connectivity index (χ0v) is 12.2. The van der Waals surface area contributed by atoms with E-state index in [9.17, 15) is 13.2 Å². The van der Waals surface area contributed by atoms with Crippen molar-refractivity contribution in [3.63, 3.8) is 0 Å². The second-order valence-corrected chi connectivity index (χ2v) is 5.27. The first-order valence-corrected chi connectivity index (χ1v) is 6.68. The van der Waals surface area contributed by atoms with E-state index in [0.29, 0.717) is 16.7 Å². The molecule has 1 N–H and O–H groups in total. The Hall–Kier alpha value is -1.56. The van der Waals surface area contributed by atoms with Gasteiger partial charge in [-0.05, 0) is 37.3 Å². The van der Waals surface area contributed by atoms with Crippen LogP contribution in [-0.4, -0.2) is 4.98 Å². The van der Waals surface area contributed by atoms with Crippen LogP contribution < -0.4 is 5.32 Å². The van der Waals surface area contributed by atoms with Crippen molar-refractivity contribution in [1.29, 1.82) is 0 Å². The SMILES string of the molecule is Cc1cccc(CNc2cc(Br)cc(C(F)(F)F)c2)n1. The van der Waals surface area contributed by atoms with E-state index in [0.717, 1.165) is 23.5 Å². The van der Waals surface area contributed by atoms with Crippen LogP contribution in [0.15, 0.2) is 40.9 Å². The molecule has 0 atom stereocenters. The molecule has 20 heavy (non-hydrogen) atoms. The Morgan fingerprint density at radius 3 is 2.60 bits per heavy atom. The molecule has 106 valence electrons. The molecule has 2 nitrogen and oxygen atoms in total. The summed E-state index contributed by atoms with van der Waals surface area (Å²) in [6.07, 6.45) is -4.36. The first-order chi connectivity index (χ1) is 9.34. The van der Waals surface area contributed by atoms with Crippen molar-refractivity contribution < 1.29 is 13.2 Å². The third-order valence-corrected chi connectivity index (χ3v) is 3.10. The fourth-order valence-corrected chi connectivity index (χ4v) is 2.24. The maximum atomic E-state index is 12.7. The molecule has 1 aromatic heterocycles. The number of benzene rings is 1. The summed E-state index contributed by atoms with van der Waals surface area (Å²) in [5.41, 5.74) is 1.36. The quantitative estimate of drug-likeness (QED) is 0.866. The molecule has 0 saturated heterocycles. The van der Waals surface area contributed by atoms with Gasteiger partial charge < -0.3 is 5.32 Å². The largest absolute Gasteiger partial charge is 0.416 e. The minimum atomic E-state index is -4.36. The van der Waals surface area contributed by atoms with Gasteiger partial charge in [0.25, 0.3) is 0 Å². The predicted molar refractivity (Wildman–Crippen MR) is 75.4 cm³/mol. The van der Waals surface area contributed by atoms with Crippen molar-refractivity contribution in [1.82, 2.24) is 4.98 Å². The number of nitrogens with one attached hydrogen (secondary N) is 1. The standard InChI is InChI=1S/C14H12BrF3N2/c1-9-3-2-4-12(20-9)8-19-13-6-10(14(16,17)18)5-11(15)7-13/h2-7,19H,8H2,1H3. The summed E-state index contributed by atoms with van der Waals surface area (Å²) in [6, 6.07) is 9.29. The number of anilines is 1. The number of aryl methyl sites for hydroxylation is 1. The second-order valence-electron chi connectivity index (χ2n) is 4.35. The number of nitrogens with zero attached hydrogens (tertiary/aromatic N) is 1. The lowest BCUT2D eigenvalue weighted by Crippen LogP contribution is -2.07. The maximum Gasteiger partial charge on any atom is 0.416 e. The Bertz CT molecular complexity index is 612. The highest BCUT2D eigenvalue weighted by Crippen LogP contribution is 2.33. The van der Waals surface area contributed by atoms with E-state index in [1.807, 2.05) is 25.1 Å². The lowest BCUT2D eigenvalue weighted by Gasteiger charge is -2.11. The lowest BCUT2D eigenvalue weighted by molar-refractivity contribution is -0.137. The van der Waals surface area contributed by atoms with E-state index in [4.69, 9.17) is 0 Å². The summed E-state index contributed by atoms with van der Waals surface area (Å²) < 4.78 is 38.5. The predicted octanol–water partition coefficient (Wildman–Crippen LogP) is 4.78. The van der Waals surface area contributed by atoms with Crippen LogP contribution >= 0.6 is 15.9 Å². The third-order valence-electron chi connectivity index (χ3n) is 2.64. The van der Waals surface area contributed by atoms with Gasteiger partial charge in [-0.1, -0.05) is 22.0 Å². The third kappa shape index (κ3) is 3.96. The molecule has 1 heterocycles. The first-order valence-electron chi connectivity index (χ1n) is 5.89. The van der Waals surface area contributed by atoms with Crippen molar-refractivity contribution in [2.45, 2.75) is 19.6 Å².